The van der Waals surface area contributed by atoms with E-state index in [0.29, 0.717) is 6.54 Å². The first-order valence-corrected chi connectivity index (χ1v) is 7.12. The smallest absolute Gasteiger partial charge is 0.239 e. The second-order valence-electron chi connectivity index (χ2n) is 5.20. The van der Waals surface area contributed by atoms with E-state index in [0.717, 1.165) is 26.1 Å². The number of morpholine rings is 1. The fourth-order valence-corrected chi connectivity index (χ4v) is 2.31. The van der Waals surface area contributed by atoms with E-state index in [9.17, 15) is 9.59 Å². The van der Waals surface area contributed by atoms with Crippen molar-refractivity contribution < 1.29 is 14.3 Å². The fourth-order valence-electron chi connectivity index (χ4n) is 2.31. The Morgan fingerprint density at radius 2 is 1.73 bits per heavy atom. The lowest BCUT2D eigenvalue weighted by Crippen LogP contribution is -2.46. The van der Waals surface area contributed by atoms with Gasteiger partial charge in [-0.3, -0.25) is 14.5 Å². The molecule has 132 valence electrons. The molecule has 0 aromatic heterocycles. The van der Waals surface area contributed by atoms with Crippen LogP contribution in [-0.4, -0.2) is 68.2 Å². The van der Waals surface area contributed by atoms with Gasteiger partial charge in [-0.15, -0.1) is 24.8 Å². The Hall–Kier alpha value is -0.600. The molecule has 0 aliphatic carbocycles. The molecule has 1 fully saturated rings. The highest BCUT2D eigenvalue weighted by atomic mass is 35.5. The number of hydrogen-bond donors (Lipinski definition) is 3. The minimum absolute atomic E-state index is 0. The molecule has 22 heavy (non-hydrogen) atoms. The van der Waals surface area contributed by atoms with Crippen molar-refractivity contribution in [3.8, 4) is 0 Å². The van der Waals surface area contributed by atoms with Crippen LogP contribution in [0, 0.1) is 0 Å². The van der Waals surface area contributed by atoms with Crippen molar-refractivity contribution in [1.29, 1.82) is 0 Å². The molecule has 1 aliphatic heterocycles. The lowest BCUT2D eigenvalue weighted by molar-refractivity contribution is -0.125. The third-order valence-corrected chi connectivity index (χ3v) is 3.10. The Kier molecular flexibility index (Phi) is 13.9. The molecule has 2 amide bonds. The van der Waals surface area contributed by atoms with Crippen LogP contribution < -0.4 is 16.4 Å². The molecule has 9 heteroatoms. The van der Waals surface area contributed by atoms with Gasteiger partial charge in [0.25, 0.3) is 0 Å². The van der Waals surface area contributed by atoms with Crippen molar-refractivity contribution in [1.82, 2.24) is 15.5 Å². The summed E-state index contributed by atoms with van der Waals surface area (Å²) >= 11 is 0. The Balaban J connectivity index is 0. The van der Waals surface area contributed by atoms with Gasteiger partial charge in [0.15, 0.2) is 0 Å². The van der Waals surface area contributed by atoms with Crippen LogP contribution in [0.15, 0.2) is 0 Å². The van der Waals surface area contributed by atoms with Crippen LogP contribution in [0.1, 0.15) is 20.3 Å². The van der Waals surface area contributed by atoms with Crippen molar-refractivity contribution in [3.63, 3.8) is 0 Å². The zero-order valence-electron chi connectivity index (χ0n) is 13.2. The maximum Gasteiger partial charge on any atom is 0.239 e. The minimum Gasteiger partial charge on any atom is -0.373 e. The number of amides is 2. The van der Waals surface area contributed by atoms with Crippen LogP contribution in [0.3, 0.4) is 0 Å². The van der Waals surface area contributed by atoms with Gasteiger partial charge in [-0.2, -0.15) is 0 Å². The summed E-state index contributed by atoms with van der Waals surface area (Å²) in [5, 5.41) is 5.20. The number of rotatable bonds is 7. The third kappa shape index (κ3) is 10.2. The second-order valence-corrected chi connectivity index (χ2v) is 5.20. The third-order valence-electron chi connectivity index (χ3n) is 3.10. The van der Waals surface area contributed by atoms with E-state index in [-0.39, 0.29) is 61.9 Å². The van der Waals surface area contributed by atoms with Crippen LogP contribution in [0.4, 0.5) is 0 Å². The van der Waals surface area contributed by atoms with Crippen molar-refractivity contribution in [2.24, 2.45) is 5.73 Å². The van der Waals surface area contributed by atoms with Crippen LogP contribution in [0.2, 0.25) is 0 Å². The average Bonchev–Trinajstić information content (AvgIpc) is 2.40. The highest BCUT2D eigenvalue weighted by Crippen LogP contribution is 2.10. The van der Waals surface area contributed by atoms with E-state index in [1.165, 1.54) is 0 Å². The molecule has 2 unspecified atom stereocenters. The van der Waals surface area contributed by atoms with Gasteiger partial charge in [-0.1, -0.05) is 0 Å². The molecule has 0 saturated carbocycles. The molecule has 7 nitrogen and oxygen atoms in total. The lowest BCUT2D eigenvalue weighted by atomic mass is 10.2. The number of ether oxygens (including phenoxy) is 1. The van der Waals surface area contributed by atoms with Crippen molar-refractivity contribution >= 4 is 36.6 Å². The summed E-state index contributed by atoms with van der Waals surface area (Å²) in [6, 6.07) is 0. The molecule has 0 aromatic carbocycles. The number of nitrogens with two attached hydrogens (primary N) is 1. The van der Waals surface area contributed by atoms with Gasteiger partial charge < -0.3 is 21.1 Å². The molecule has 4 N–H and O–H groups in total. The maximum absolute atomic E-state index is 11.4. The van der Waals surface area contributed by atoms with Crippen LogP contribution in [0.25, 0.3) is 0 Å². The summed E-state index contributed by atoms with van der Waals surface area (Å²) in [5.41, 5.74) is 5.13. The standard InChI is InChI=1S/C13H26N4O3.2ClH/c1-10-8-17(9-11(2)20-10)5-3-4-15-13(19)7-16-12(18)6-14;;/h10-11H,3-9,14H2,1-2H3,(H,15,19)(H,16,18);2*1H. The van der Waals surface area contributed by atoms with Crippen molar-refractivity contribution in [2.75, 3.05) is 39.3 Å². The van der Waals surface area contributed by atoms with E-state index >= 15 is 0 Å². The molecular formula is C13H28Cl2N4O3. The molecule has 1 saturated heterocycles. The first-order chi connectivity index (χ1) is 9.51. The molecule has 1 heterocycles. The summed E-state index contributed by atoms with van der Waals surface area (Å²) < 4.78 is 5.66. The summed E-state index contributed by atoms with van der Waals surface area (Å²) in [4.78, 5) is 24.6. The predicted octanol–water partition coefficient (Wildman–Crippen LogP) is -0.480. The van der Waals surface area contributed by atoms with Crippen molar-refractivity contribution in [3.05, 3.63) is 0 Å². The predicted molar refractivity (Wildman–Crippen MR) is 90.6 cm³/mol. The number of nitrogens with one attached hydrogen (secondary N) is 2. The van der Waals surface area contributed by atoms with Gasteiger partial charge in [-0.05, 0) is 20.3 Å². The van der Waals surface area contributed by atoms with Gasteiger partial charge in [0.05, 0.1) is 25.3 Å². The summed E-state index contributed by atoms with van der Waals surface area (Å²) in [6.45, 7) is 7.46. The minimum atomic E-state index is -0.323. The number of nitrogens with zero attached hydrogens (tertiary/aromatic N) is 1. The second kappa shape index (κ2) is 12.9. The molecule has 2 atom stereocenters. The number of halogens is 2. The van der Waals surface area contributed by atoms with E-state index in [4.69, 9.17) is 10.5 Å². The normalized spacial score (nSPS) is 21.2. The van der Waals surface area contributed by atoms with Crippen LogP contribution >= 0.6 is 24.8 Å². The Labute approximate surface area is 144 Å². The molecule has 1 rings (SSSR count). The summed E-state index contributed by atoms with van der Waals surface area (Å²) in [7, 11) is 0. The Morgan fingerprint density at radius 3 is 2.27 bits per heavy atom. The van der Waals surface area contributed by atoms with E-state index in [1.54, 1.807) is 0 Å². The first kappa shape index (κ1) is 23.7. The zero-order chi connectivity index (χ0) is 15.0. The Bertz CT molecular complexity index is 324. The summed E-state index contributed by atoms with van der Waals surface area (Å²) in [6.07, 6.45) is 1.41. The molecule has 0 aromatic rings. The quantitative estimate of drug-likeness (QED) is 0.534. The number of carbonyl (C=O) groups excluding carboxylic acids is 2. The molecular weight excluding hydrogens is 331 g/mol. The lowest BCUT2D eigenvalue weighted by Gasteiger charge is -2.35. The van der Waals surface area contributed by atoms with E-state index in [1.807, 2.05) is 0 Å². The molecule has 1 aliphatic rings. The zero-order valence-corrected chi connectivity index (χ0v) is 14.8. The van der Waals surface area contributed by atoms with Crippen LogP contribution in [0.5, 0.6) is 0 Å². The maximum atomic E-state index is 11.4. The first-order valence-electron chi connectivity index (χ1n) is 7.12. The van der Waals surface area contributed by atoms with Gasteiger partial charge >= 0.3 is 0 Å². The van der Waals surface area contributed by atoms with Gasteiger partial charge in [0.2, 0.25) is 11.8 Å². The van der Waals surface area contributed by atoms with E-state index < -0.39 is 0 Å². The summed E-state index contributed by atoms with van der Waals surface area (Å²) in [5.74, 6) is -0.507. The highest BCUT2D eigenvalue weighted by Gasteiger charge is 2.21. The van der Waals surface area contributed by atoms with Gasteiger partial charge in [0.1, 0.15) is 0 Å². The molecule has 0 bridgehead atoms. The fraction of sp³-hybridized carbons (Fsp3) is 0.846. The number of hydrogen-bond acceptors (Lipinski definition) is 5. The molecule has 0 radical (unpaired) electrons. The topological polar surface area (TPSA) is 96.7 Å². The highest BCUT2D eigenvalue weighted by molar-refractivity contribution is 5.86. The van der Waals surface area contributed by atoms with Gasteiger partial charge in [0, 0.05) is 26.2 Å². The molecule has 0 spiro atoms. The van der Waals surface area contributed by atoms with Crippen LogP contribution in [-0.2, 0) is 14.3 Å². The monoisotopic (exact) mass is 358 g/mol. The largest absolute Gasteiger partial charge is 0.373 e. The SMILES string of the molecule is CC1CN(CCCNC(=O)CNC(=O)CN)CC(C)O1.Cl.Cl. The number of carbonyl (C=O) groups is 2. The van der Waals surface area contributed by atoms with Gasteiger partial charge in [-0.25, -0.2) is 0 Å². The van der Waals surface area contributed by atoms with Crippen molar-refractivity contribution in [2.45, 2.75) is 32.5 Å². The average molecular weight is 359 g/mol. The Morgan fingerprint density at radius 1 is 1.14 bits per heavy atom. The van der Waals surface area contributed by atoms with E-state index in [2.05, 4.69) is 29.4 Å².